The normalized spacial score (nSPS) is 13.8. The summed E-state index contributed by atoms with van der Waals surface area (Å²) in [5, 5.41) is 0. The molecule has 1 unspecified atom stereocenters. The van der Waals surface area contributed by atoms with Gasteiger partial charge in [-0.3, -0.25) is 0 Å². The lowest BCUT2D eigenvalue weighted by atomic mass is 10.1. The lowest BCUT2D eigenvalue weighted by Crippen LogP contribution is -2.34. The first-order valence-corrected chi connectivity index (χ1v) is 8.06. The van der Waals surface area contributed by atoms with Gasteiger partial charge in [-0.2, -0.15) is 4.31 Å². The van der Waals surface area contributed by atoms with Crippen LogP contribution in [-0.2, 0) is 15.9 Å². The van der Waals surface area contributed by atoms with Crippen LogP contribution in [0.15, 0.2) is 17.0 Å². The summed E-state index contributed by atoms with van der Waals surface area (Å²) in [5.41, 5.74) is 0.493. The van der Waals surface area contributed by atoms with Crippen molar-refractivity contribution in [2.45, 2.75) is 44.0 Å². The van der Waals surface area contributed by atoms with Crippen LogP contribution in [-0.4, -0.2) is 25.8 Å². The zero-order valence-electron chi connectivity index (χ0n) is 11.6. The molecule has 1 atom stereocenters. The van der Waals surface area contributed by atoms with Crippen LogP contribution in [0.5, 0.6) is 0 Å². The molecule has 0 aliphatic heterocycles. The van der Waals surface area contributed by atoms with Crippen LogP contribution >= 0.6 is 11.6 Å². The average Bonchev–Trinajstić information content (AvgIpc) is 2.39. The molecule has 0 saturated heterocycles. The van der Waals surface area contributed by atoms with Crippen LogP contribution in [0.25, 0.3) is 0 Å². The molecule has 1 aromatic carbocycles. The highest BCUT2D eigenvalue weighted by Gasteiger charge is 2.25. The van der Waals surface area contributed by atoms with Crippen molar-refractivity contribution < 1.29 is 12.8 Å². The van der Waals surface area contributed by atoms with Gasteiger partial charge in [0.25, 0.3) is 0 Å². The Hall–Kier alpha value is -0.650. The van der Waals surface area contributed by atoms with Gasteiger partial charge in [-0.05, 0) is 38.0 Å². The Balaban J connectivity index is 3.34. The molecule has 19 heavy (non-hydrogen) atoms. The second kappa shape index (κ2) is 6.20. The second-order valence-corrected chi connectivity index (χ2v) is 6.89. The number of nitrogens with zero attached hydrogens (tertiary/aromatic N) is 1. The van der Waals surface area contributed by atoms with Crippen molar-refractivity contribution in [1.29, 1.82) is 0 Å². The predicted octanol–water partition coefficient (Wildman–Crippen LogP) is 3.29. The van der Waals surface area contributed by atoms with Crippen molar-refractivity contribution in [3.63, 3.8) is 0 Å². The summed E-state index contributed by atoms with van der Waals surface area (Å²) >= 11 is 5.65. The van der Waals surface area contributed by atoms with E-state index in [1.54, 1.807) is 0 Å². The first-order chi connectivity index (χ1) is 8.75. The van der Waals surface area contributed by atoms with Gasteiger partial charge in [0.15, 0.2) is 0 Å². The molecular formula is C13H19ClFNO2S. The van der Waals surface area contributed by atoms with Crippen LogP contribution in [0, 0.1) is 12.7 Å². The third-order valence-electron chi connectivity index (χ3n) is 3.34. The van der Waals surface area contributed by atoms with Crippen molar-refractivity contribution >= 4 is 21.6 Å². The molecule has 0 bridgehead atoms. The molecule has 0 amide bonds. The molecule has 1 aromatic rings. The van der Waals surface area contributed by atoms with Gasteiger partial charge >= 0.3 is 0 Å². The van der Waals surface area contributed by atoms with Gasteiger partial charge in [0.1, 0.15) is 5.82 Å². The molecule has 0 aromatic heterocycles. The Morgan fingerprint density at radius 3 is 2.47 bits per heavy atom. The number of hydrogen-bond acceptors (Lipinski definition) is 2. The fraction of sp³-hybridized carbons (Fsp3) is 0.538. The molecule has 0 aliphatic rings. The molecule has 0 heterocycles. The number of alkyl halides is 1. The van der Waals surface area contributed by atoms with Crippen LogP contribution in [0.4, 0.5) is 4.39 Å². The number of rotatable bonds is 5. The lowest BCUT2D eigenvalue weighted by Gasteiger charge is -2.23. The summed E-state index contributed by atoms with van der Waals surface area (Å²) in [4.78, 5) is 0.0878. The maximum atomic E-state index is 13.7. The summed E-state index contributed by atoms with van der Waals surface area (Å²) in [5.74, 6) is -0.497. The summed E-state index contributed by atoms with van der Waals surface area (Å²) < 4.78 is 39.9. The minimum Gasteiger partial charge on any atom is -0.207 e. The number of halogens is 2. The van der Waals surface area contributed by atoms with Gasteiger partial charge in [-0.15, -0.1) is 11.6 Å². The molecule has 1 rings (SSSR count). The van der Waals surface area contributed by atoms with Crippen molar-refractivity contribution in [1.82, 2.24) is 4.31 Å². The highest BCUT2D eigenvalue weighted by molar-refractivity contribution is 7.89. The Labute approximate surface area is 119 Å². The van der Waals surface area contributed by atoms with Crippen molar-refractivity contribution in [2.24, 2.45) is 0 Å². The molecule has 3 nitrogen and oxygen atoms in total. The Morgan fingerprint density at radius 2 is 2.00 bits per heavy atom. The van der Waals surface area contributed by atoms with E-state index in [2.05, 4.69) is 0 Å². The number of sulfonamides is 1. The smallest absolute Gasteiger partial charge is 0.207 e. The highest BCUT2D eigenvalue weighted by atomic mass is 35.5. The molecule has 0 saturated carbocycles. The van der Waals surface area contributed by atoms with E-state index >= 15 is 0 Å². The summed E-state index contributed by atoms with van der Waals surface area (Å²) in [6.07, 6.45) is 0.707. The van der Waals surface area contributed by atoms with Crippen LogP contribution in [0.3, 0.4) is 0 Å². The standard InChI is InChI=1S/C13H19ClFNO2S/c1-5-10(3)16(4)19(17,18)12-6-9(2)13(15)11(7-12)8-14/h6-7,10H,5,8H2,1-4H3. The molecule has 108 valence electrons. The quantitative estimate of drug-likeness (QED) is 0.783. The highest BCUT2D eigenvalue weighted by Crippen LogP contribution is 2.24. The van der Waals surface area contributed by atoms with Crippen molar-refractivity contribution in [2.75, 3.05) is 7.05 Å². The molecule has 6 heteroatoms. The minimum absolute atomic E-state index is 0.0525. The zero-order valence-corrected chi connectivity index (χ0v) is 13.1. The van der Waals surface area contributed by atoms with Gasteiger partial charge in [0, 0.05) is 18.7 Å². The average molecular weight is 308 g/mol. The van der Waals surface area contributed by atoms with E-state index in [9.17, 15) is 12.8 Å². The molecule has 0 spiro atoms. The summed E-state index contributed by atoms with van der Waals surface area (Å²) in [6, 6.07) is 2.54. The van der Waals surface area contributed by atoms with Gasteiger partial charge in [-0.25, -0.2) is 12.8 Å². The van der Waals surface area contributed by atoms with Crippen LogP contribution in [0.2, 0.25) is 0 Å². The third-order valence-corrected chi connectivity index (χ3v) is 5.57. The summed E-state index contributed by atoms with van der Waals surface area (Å²) in [6.45, 7) is 5.28. The SMILES string of the molecule is CCC(C)N(C)S(=O)(=O)c1cc(C)c(F)c(CCl)c1. The van der Waals surface area contributed by atoms with Gasteiger partial charge in [0.2, 0.25) is 10.0 Å². The van der Waals surface area contributed by atoms with E-state index in [0.29, 0.717) is 6.42 Å². The molecular weight excluding hydrogens is 289 g/mol. The Morgan fingerprint density at radius 1 is 1.42 bits per heavy atom. The molecule has 0 radical (unpaired) electrons. The van der Waals surface area contributed by atoms with E-state index in [1.165, 1.54) is 30.4 Å². The number of aryl methyl sites for hydroxylation is 1. The molecule has 0 N–H and O–H groups in total. The largest absolute Gasteiger partial charge is 0.243 e. The van der Waals surface area contributed by atoms with Gasteiger partial charge in [-0.1, -0.05) is 6.92 Å². The first kappa shape index (κ1) is 16.4. The predicted molar refractivity (Wildman–Crippen MR) is 75.4 cm³/mol. The summed E-state index contributed by atoms with van der Waals surface area (Å²) in [7, 11) is -2.08. The maximum absolute atomic E-state index is 13.7. The van der Waals surface area contributed by atoms with E-state index < -0.39 is 15.8 Å². The fourth-order valence-electron chi connectivity index (χ4n) is 1.71. The lowest BCUT2D eigenvalue weighted by molar-refractivity contribution is 0.380. The van der Waals surface area contributed by atoms with Crippen LogP contribution < -0.4 is 0 Å². The molecule has 0 fully saturated rings. The van der Waals surface area contributed by atoms with E-state index in [0.717, 1.165) is 0 Å². The Kier molecular flexibility index (Phi) is 5.35. The van der Waals surface area contributed by atoms with Crippen molar-refractivity contribution in [3.05, 3.63) is 29.1 Å². The van der Waals surface area contributed by atoms with Crippen LogP contribution in [0.1, 0.15) is 31.4 Å². The molecule has 0 aliphatic carbocycles. The minimum atomic E-state index is -3.61. The zero-order chi connectivity index (χ0) is 14.8. The van der Waals surface area contributed by atoms with Gasteiger partial charge < -0.3 is 0 Å². The first-order valence-electron chi connectivity index (χ1n) is 6.08. The maximum Gasteiger partial charge on any atom is 0.243 e. The van der Waals surface area contributed by atoms with E-state index in [4.69, 9.17) is 11.6 Å². The monoisotopic (exact) mass is 307 g/mol. The topological polar surface area (TPSA) is 37.4 Å². The Bertz CT molecular complexity index is 560. The number of benzene rings is 1. The fourth-order valence-corrected chi connectivity index (χ4v) is 3.48. The second-order valence-electron chi connectivity index (χ2n) is 4.63. The number of hydrogen-bond donors (Lipinski definition) is 0. The van der Waals surface area contributed by atoms with E-state index in [-0.39, 0.29) is 27.9 Å². The third kappa shape index (κ3) is 3.27. The van der Waals surface area contributed by atoms with Crippen molar-refractivity contribution in [3.8, 4) is 0 Å². The van der Waals surface area contributed by atoms with Gasteiger partial charge in [0.05, 0.1) is 10.8 Å². The van der Waals surface area contributed by atoms with E-state index in [1.807, 2.05) is 13.8 Å².